The maximum atomic E-state index is 13.3. The van der Waals surface area contributed by atoms with Crippen LogP contribution in [0.3, 0.4) is 0 Å². The minimum Gasteiger partial charge on any atom is -0.497 e. The maximum Gasteiger partial charge on any atom is 0.232 e. The number of carbonyl (C=O) groups is 1. The van der Waals surface area contributed by atoms with Crippen LogP contribution < -0.4 is 20.1 Å². The van der Waals surface area contributed by atoms with E-state index in [1.54, 1.807) is 25.3 Å². The molecule has 6 nitrogen and oxygen atoms in total. The summed E-state index contributed by atoms with van der Waals surface area (Å²) >= 11 is 1.46. The standard InChI is InChI=1S/C19H25N3O3S/c1-24-15-7-6-14(17(10-15)25-2)12-22(19-21-8-9-26-19)18(23)16-5-3-4-13(16)11-20/h6-10,13,16H,3-5,11-12,20H2,1-2H3/t13-,16-/m1/s1. The Balaban J connectivity index is 1.89. The Labute approximate surface area is 157 Å². The topological polar surface area (TPSA) is 77.7 Å². The number of anilines is 1. The Morgan fingerprint density at radius 3 is 2.85 bits per heavy atom. The van der Waals surface area contributed by atoms with Crippen LogP contribution in [0.15, 0.2) is 29.8 Å². The van der Waals surface area contributed by atoms with E-state index in [0.717, 1.165) is 30.6 Å². The van der Waals surface area contributed by atoms with E-state index >= 15 is 0 Å². The summed E-state index contributed by atoms with van der Waals surface area (Å²) in [6, 6.07) is 5.64. The number of benzene rings is 1. The van der Waals surface area contributed by atoms with Crippen molar-refractivity contribution in [2.45, 2.75) is 25.8 Å². The number of hydrogen-bond acceptors (Lipinski definition) is 6. The average Bonchev–Trinajstić information content (AvgIpc) is 3.36. The number of thiazole rings is 1. The summed E-state index contributed by atoms with van der Waals surface area (Å²) in [5.74, 6) is 1.74. The summed E-state index contributed by atoms with van der Waals surface area (Å²) < 4.78 is 10.8. The molecule has 0 saturated heterocycles. The number of carbonyl (C=O) groups excluding carboxylic acids is 1. The molecule has 140 valence electrons. The van der Waals surface area contributed by atoms with E-state index in [2.05, 4.69) is 4.98 Å². The van der Waals surface area contributed by atoms with E-state index in [0.29, 0.717) is 24.0 Å². The monoisotopic (exact) mass is 375 g/mol. The molecule has 3 rings (SSSR count). The van der Waals surface area contributed by atoms with Gasteiger partial charge in [0.25, 0.3) is 0 Å². The van der Waals surface area contributed by atoms with Gasteiger partial charge in [0.2, 0.25) is 5.91 Å². The van der Waals surface area contributed by atoms with Crippen molar-refractivity contribution in [3.8, 4) is 11.5 Å². The average molecular weight is 375 g/mol. The number of nitrogens with zero attached hydrogens (tertiary/aromatic N) is 2. The van der Waals surface area contributed by atoms with Crippen molar-refractivity contribution in [2.75, 3.05) is 25.7 Å². The van der Waals surface area contributed by atoms with Gasteiger partial charge in [0.15, 0.2) is 5.13 Å². The van der Waals surface area contributed by atoms with Crippen molar-refractivity contribution in [3.63, 3.8) is 0 Å². The number of aromatic nitrogens is 1. The molecule has 2 aromatic rings. The van der Waals surface area contributed by atoms with Gasteiger partial charge in [0.1, 0.15) is 11.5 Å². The molecule has 1 heterocycles. The molecule has 0 bridgehead atoms. The first kappa shape index (κ1) is 18.7. The second-order valence-corrected chi connectivity index (χ2v) is 7.32. The van der Waals surface area contributed by atoms with Crippen LogP contribution in [0.5, 0.6) is 11.5 Å². The maximum absolute atomic E-state index is 13.3. The lowest BCUT2D eigenvalue weighted by molar-refractivity contribution is -0.123. The molecule has 0 spiro atoms. The largest absolute Gasteiger partial charge is 0.497 e. The molecule has 1 saturated carbocycles. The summed E-state index contributed by atoms with van der Waals surface area (Å²) in [6.07, 6.45) is 4.68. The lowest BCUT2D eigenvalue weighted by atomic mass is 9.94. The van der Waals surface area contributed by atoms with Crippen LogP contribution in [-0.2, 0) is 11.3 Å². The molecule has 7 heteroatoms. The van der Waals surface area contributed by atoms with Gasteiger partial charge in [-0.1, -0.05) is 6.42 Å². The van der Waals surface area contributed by atoms with Gasteiger partial charge in [-0.3, -0.25) is 9.69 Å². The second-order valence-electron chi connectivity index (χ2n) is 6.45. The van der Waals surface area contributed by atoms with E-state index in [-0.39, 0.29) is 17.7 Å². The van der Waals surface area contributed by atoms with E-state index in [1.165, 1.54) is 11.3 Å². The minimum absolute atomic E-state index is 0.0341. The summed E-state index contributed by atoms with van der Waals surface area (Å²) in [5, 5.41) is 2.59. The molecule has 0 radical (unpaired) electrons. The van der Waals surface area contributed by atoms with Gasteiger partial charge in [0.05, 0.1) is 20.8 Å². The molecule has 1 amide bonds. The van der Waals surface area contributed by atoms with Gasteiger partial charge in [-0.25, -0.2) is 4.98 Å². The molecule has 2 N–H and O–H groups in total. The summed E-state index contributed by atoms with van der Waals surface area (Å²) in [4.78, 5) is 19.5. The van der Waals surface area contributed by atoms with E-state index in [9.17, 15) is 4.79 Å². The zero-order valence-electron chi connectivity index (χ0n) is 15.2. The molecule has 2 atom stereocenters. The van der Waals surface area contributed by atoms with Gasteiger partial charge in [-0.05, 0) is 37.4 Å². The van der Waals surface area contributed by atoms with Gasteiger partial charge in [0, 0.05) is 29.1 Å². The molecular weight excluding hydrogens is 350 g/mol. The predicted molar refractivity (Wildman–Crippen MR) is 103 cm³/mol. The summed E-state index contributed by atoms with van der Waals surface area (Å²) in [5.41, 5.74) is 6.81. The highest BCUT2D eigenvalue weighted by Gasteiger charge is 2.36. The highest BCUT2D eigenvalue weighted by molar-refractivity contribution is 7.13. The first-order valence-electron chi connectivity index (χ1n) is 8.79. The fraction of sp³-hybridized carbons (Fsp3) is 0.474. The Morgan fingerprint density at radius 1 is 1.35 bits per heavy atom. The molecule has 1 aliphatic carbocycles. The Hall–Kier alpha value is -2.12. The first-order valence-corrected chi connectivity index (χ1v) is 9.67. The first-order chi connectivity index (χ1) is 12.7. The molecule has 26 heavy (non-hydrogen) atoms. The van der Waals surface area contributed by atoms with Crippen molar-refractivity contribution in [2.24, 2.45) is 17.6 Å². The number of hydrogen-bond donors (Lipinski definition) is 1. The van der Waals surface area contributed by atoms with Gasteiger partial charge in [-0.15, -0.1) is 11.3 Å². The SMILES string of the molecule is COc1ccc(CN(C(=O)[C@@H]2CCC[C@@H]2CN)c2nccs2)c(OC)c1. The highest BCUT2D eigenvalue weighted by Crippen LogP contribution is 2.35. The summed E-state index contributed by atoms with van der Waals surface area (Å²) in [7, 11) is 3.24. The van der Waals surface area contributed by atoms with Crippen LogP contribution in [0, 0.1) is 11.8 Å². The van der Waals surface area contributed by atoms with Crippen molar-refractivity contribution < 1.29 is 14.3 Å². The third-order valence-corrected chi connectivity index (χ3v) is 5.81. The van der Waals surface area contributed by atoms with Gasteiger partial charge < -0.3 is 15.2 Å². The van der Waals surface area contributed by atoms with Crippen LogP contribution in [-0.4, -0.2) is 31.7 Å². The molecule has 1 aliphatic rings. The quantitative estimate of drug-likeness (QED) is 0.805. The third-order valence-electron chi connectivity index (χ3n) is 5.02. The fourth-order valence-corrected chi connectivity index (χ4v) is 4.23. The molecule has 0 unspecified atom stereocenters. The fourth-order valence-electron chi connectivity index (χ4n) is 3.59. The zero-order valence-corrected chi connectivity index (χ0v) is 16.0. The van der Waals surface area contributed by atoms with Gasteiger partial charge in [-0.2, -0.15) is 0 Å². The molecule has 1 fully saturated rings. The normalized spacial score (nSPS) is 19.3. The highest BCUT2D eigenvalue weighted by atomic mass is 32.1. The summed E-state index contributed by atoms with van der Waals surface area (Å²) in [6.45, 7) is 0.960. The molecule has 1 aromatic heterocycles. The van der Waals surface area contributed by atoms with Crippen LogP contribution in [0.1, 0.15) is 24.8 Å². The van der Waals surface area contributed by atoms with Crippen LogP contribution >= 0.6 is 11.3 Å². The third kappa shape index (κ3) is 3.83. The minimum atomic E-state index is -0.0341. The Bertz CT molecular complexity index is 736. The molecule has 1 aromatic carbocycles. The van der Waals surface area contributed by atoms with Crippen LogP contribution in [0.4, 0.5) is 5.13 Å². The number of methoxy groups -OCH3 is 2. The lowest BCUT2D eigenvalue weighted by Crippen LogP contribution is -2.38. The van der Waals surface area contributed by atoms with Crippen molar-refractivity contribution in [3.05, 3.63) is 35.3 Å². The van der Waals surface area contributed by atoms with Crippen molar-refractivity contribution >= 4 is 22.4 Å². The number of ether oxygens (including phenoxy) is 2. The Kier molecular flexibility index (Phi) is 6.11. The number of rotatable bonds is 7. The van der Waals surface area contributed by atoms with Crippen LogP contribution in [0.25, 0.3) is 0 Å². The van der Waals surface area contributed by atoms with Gasteiger partial charge >= 0.3 is 0 Å². The van der Waals surface area contributed by atoms with Crippen molar-refractivity contribution in [1.29, 1.82) is 0 Å². The smallest absolute Gasteiger partial charge is 0.232 e. The van der Waals surface area contributed by atoms with Crippen molar-refractivity contribution in [1.82, 2.24) is 4.98 Å². The van der Waals surface area contributed by atoms with E-state index in [4.69, 9.17) is 15.2 Å². The Morgan fingerprint density at radius 2 is 2.19 bits per heavy atom. The molecule has 0 aliphatic heterocycles. The lowest BCUT2D eigenvalue weighted by Gasteiger charge is -2.27. The molecular formula is C19H25N3O3S. The number of amides is 1. The number of nitrogens with two attached hydrogens (primary N) is 1. The van der Waals surface area contributed by atoms with Crippen LogP contribution in [0.2, 0.25) is 0 Å². The second kappa shape index (κ2) is 8.51. The van der Waals surface area contributed by atoms with E-state index in [1.807, 2.05) is 23.6 Å². The van der Waals surface area contributed by atoms with E-state index < -0.39 is 0 Å². The predicted octanol–water partition coefficient (Wildman–Crippen LogP) is 3.07. The zero-order chi connectivity index (χ0) is 18.5.